The predicted octanol–water partition coefficient (Wildman–Crippen LogP) is 2.59. The summed E-state index contributed by atoms with van der Waals surface area (Å²) in [4.78, 5) is 0. The van der Waals surface area contributed by atoms with Crippen LogP contribution in [-0.2, 0) is 0 Å². The first-order valence-electron chi connectivity index (χ1n) is 4.40. The summed E-state index contributed by atoms with van der Waals surface area (Å²) < 4.78 is 0. The second-order valence-electron chi connectivity index (χ2n) is 3.66. The van der Waals surface area contributed by atoms with Crippen molar-refractivity contribution in [1.29, 1.82) is 0 Å². The molecule has 1 unspecified atom stereocenters. The number of rotatable bonds is 5. The molecule has 0 aliphatic heterocycles. The lowest BCUT2D eigenvalue weighted by Crippen LogP contribution is -2.26. The van der Waals surface area contributed by atoms with Gasteiger partial charge in [-0.1, -0.05) is 26.0 Å². The van der Waals surface area contributed by atoms with Gasteiger partial charge in [0, 0.05) is 6.04 Å². The molecule has 0 spiro atoms. The van der Waals surface area contributed by atoms with Crippen LogP contribution in [0.25, 0.3) is 0 Å². The van der Waals surface area contributed by atoms with Crippen molar-refractivity contribution in [1.82, 2.24) is 5.32 Å². The molecule has 1 N–H and O–H groups in total. The van der Waals surface area contributed by atoms with Crippen LogP contribution in [0.2, 0.25) is 0 Å². The maximum Gasteiger partial charge on any atom is 0.0271 e. The monoisotopic (exact) mass is 155 g/mol. The Morgan fingerprint density at radius 2 is 1.91 bits per heavy atom. The molecule has 0 saturated carbocycles. The van der Waals surface area contributed by atoms with E-state index in [9.17, 15) is 0 Å². The van der Waals surface area contributed by atoms with Crippen LogP contribution >= 0.6 is 0 Å². The Morgan fingerprint density at radius 3 is 2.18 bits per heavy atom. The van der Waals surface area contributed by atoms with Crippen molar-refractivity contribution in [3.05, 3.63) is 12.2 Å². The summed E-state index contributed by atoms with van der Waals surface area (Å²) >= 11 is 0. The standard InChI is InChI=1S/C10H21N/c1-8(2)6-7-10(11-5)9(3)4/h8,10-11H,3,6-7H2,1-2,4-5H3. The molecule has 0 amide bonds. The second-order valence-corrected chi connectivity index (χ2v) is 3.66. The number of hydrogen-bond acceptors (Lipinski definition) is 1. The molecule has 0 aromatic rings. The summed E-state index contributed by atoms with van der Waals surface area (Å²) in [5, 5.41) is 3.26. The van der Waals surface area contributed by atoms with Gasteiger partial charge in [0.15, 0.2) is 0 Å². The largest absolute Gasteiger partial charge is 0.313 e. The lowest BCUT2D eigenvalue weighted by Gasteiger charge is -2.16. The van der Waals surface area contributed by atoms with Crippen LogP contribution in [0.1, 0.15) is 33.6 Å². The molecule has 1 atom stereocenters. The Kier molecular flexibility index (Phi) is 5.22. The molecule has 0 radical (unpaired) electrons. The van der Waals surface area contributed by atoms with Gasteiger partial charge < -0.3 is 5.32 Å². The van der Waals surface area contributed by atoms with E-state index in [1.807, 2.05) is 7.05 Å². The topological polar surface area (TPSA) is 12.0 Å². The van der Waals surface area contributed by atoms with Crippen LogP contribution in [0.4, 0.5) is 0 Å². The van der Waals surface area contributed by atoms with Crippen LogP contribution in [0.5, 0.6) is 0 Å². The van der Waals surface area contributed by atoms with Gasteiger partial charge in [0.05, 0.1) is 0 Å². The summed E-state index contributed by atoms with van der Waals surface area (Å²) in [6, 6.07) is 0.511. The SMILES string of the molecule is C=C(C)C(CCC(C)C)NC. The zero-order valence-electron chi connectivity index (χ0n) is 8.28. The first-order chi connectivity index (χ1) is 5.07. The quantitative estimate of drug-likeness (QED) is 0.602. The minimum Gasteiger partial charge on any atom is -0.313 e. The van der Waals surface area contributed by atoms with Gasteiger partial charge in [-0.3, -0.25) is 0 Å². The molecular formula is C10H21N. The maximum atomic E-state index is 3.94. The molecule has 1 nitrogen and oxygen atoms in total. The second kappa shape index (κ2) is 5.36. The Hall–Kier alpha value is -0.300. The van der Waals surface area contributed by atoms with Crippen LogP contribution in [0.3, 0.4) is 0 Å². The molecule has 0 aromatic carbocycles. The van der Waals surface area contributed by atoms with E-state index in [4.69, 9.17) is 0 Å². The summed E-state index contributed by atoms with van der Waals surface area (Å²) in [6.07, 6.45) is 2.49. The van der Waals surface area contributed by atoms with E-state index in [0.29, 0.717) is 6.04 Å². The highest BCUT2D eigenvalue weighted by Gasteiger charge is 2.06. The molecule has 0 heterocycles. The first kappa shape index (κ1) is 10.7. The summed E-state index contributed by atoms with van der Waals surface area (Å²) in [7, 11) is 2.00. The molecule has 66 valence electrons. The van der Waals surface area contributed by atoms with Crippen molar-refractivity contribution >= 4 is 0 Å². The molecule has 0 aliphatic carbocycles. The van der Waals surface area contributed by atoms with Gasteiger partial charge in [-0.25, -0.2) is 0 Å². The minimum absolute atomic E-state index is 0.511. The highest BCUT2D eigenvalue weighted by molar-refractivity contribution is 5.00. The van der Waals surface area contributed by atoms with Gasteiger partial charge in [0.1, 0.15) is 0 Å². The summed E-state index contributed by atoms with van der Waals surface area (Å²) in [5.41, 5.74) is 1.24. The normalized spacial score (nSPS) is 13.5. The zero-order chi connectivity index (χ0) is 8.85. The van der Waals surface area contributed by atoms with Crippen molar-refractivity contribution in [2.75, 3.05) is 7.05 Å². The summed E-state index contributed by atoms with van der Waals surface area (Å²) in [5.74, 6) is 0.796. The fourth-order valence-corrected chi connectivity index (χ4v) is 1.14. The molecule has 0 bridgehead atoms. The highest BCUT2D eigenvalue weighted by atomic mass is 14.9. The van der Waals surface area contributed by atoms with E-state index in [2.05, 4.69) is 32.7 Å². The molecule has 0 saturated heterocycles. The third kappa shape index (κ3) is 5.02. The van der Waals surface area contributed by atoms with Gasteiger partial charge in [0.2, 0.25) is 0 Å². The van der Waals surface area contributed by atoms with Crippen molar-refractivity contribution < 1.29 is 0 Å². The number of nitrogens with one attached hydrogen (secondary N) is 1. The fourth-order valence-electron chi connectivity index (χ4n) is 1.14. The number of likely N-dealkylation sites (N-methyl/N-ethyl adjacent to an activating group) is 1. The molecule has 0 aromatic heterocycles. The molecule has 0 rings (SSSR count). The molecule has 0 fully saturated rings. The first-order valence-corrected chi connectivity index (χ1v) is 4.40. The van der Waals surface area contributed by atoms with Gasteiger partial charge in [-0.05, 0) is 32.7 Å². The minimum atomic E-state index is 0.511. The molecule has 1 heteroatoms. The average Bonchev–Trinajstić information content (AvgIpc) is 1.87. The van der Waals surface area contributed by atoms with E-state index in [-0.39, 0.29) is 0 Å². The molecular weight excluding hydrogens is 134 g/mol. The van der Waals surface area contributed by atoms with E-state index >= 15 is 0 Å². The lowest BCUT2D eigenvalue weighted by molar-refractivity contribution is 0.488. The van der Waals surface area contributed by atoms with Crippen LogP contribution in [0.15, 0.2) is 12.2 Å². The van der Waals surface area contributed by atoms with Crippen molar-refractivity contribution in [3.8, 4) is 0 Å². The van der Waals surface area contributed by atoms with E-state index in [1.54, 1.807) is 0 Å². The third-order valence-corrected chi connectivity index (χ3v) is 1.98. The molecule has 11 heavy (non-hydrogen) atoms. The van der Waals surface area contributed by atoms with Gasteiger partial charge in [-0.2, -0.15) is 0 Å². The third-order valence-electron chi connectivity index (χ3n) is 1.98. The van der Waals surface area contributed by atoms with Crippen LogP contribution in [0, 0.1) is 5.92 Å². The highest BCUT2D eigenvalue weighted by Crippen LogP contribution is 2.10. The zero-order valence-corrected chi connectivity index (χ0v) is 8.28. The Labute approximate surface area is 70.9 Å². The predicted molar refractivity (Wildman–Crippen MR) is 51.7 cm³/mol. The average molecular weight is 155 g/mol. The van der Waals surface area contributed by atoms with E-state index in [1.165, 1.54) is 18.4 Å². The van der Waals surface area contributed by atoms with Gasteiger partial charge in [0.25, 0.3) is 0 Å². The van der Waals surface area contributed by atoms with Crippen molar-refractivity contribution in [3.63, 3.8) is 0 Å². The molecule has 0 aliphatic rings. The van der Waals surface area contributed by atoms with E-state index in [0.717, 1.165) is 5.92 Å². The summed E-state index contributed by atoms with van der Waals surface area (Å²) in [6.45, 7) is 10.5. The van der Waals surface area contributed by atoms with E-state index < -0.39 is 0 Å². The van der Waals surface area contributed by atoms with Gasteiger partial charge >= 0.3 is 0 Å². The maximum absolute atomic E-state index is 3.94. The fraction of sp³-hybridized carbons (Fsp3) is 0.800. The Morgan fingerprint density at radius 1 is 1.36 bits per heavy atom. The lowest BCUT2D eigenvalue weighted by atomic mass is 10.00. The van der Waals surface area contributed by atoms with Crippen LogP contribution < -0.4 is 5.32 Å². The smallest absolute Gasteiger partial charge is 0.0271 e. The van der Waals surface area contributed by atoms with Crippen molar-refractivity contribution in [2.45, 2.75) is 39.7 Å². The van der Waals surface area contributed by atoms with Crippen LogP contribution in [-0.4, -0.2) is 13.1 Å². The Bertz CT molecular complexity index is 116. The Balaban J connectivity index is 3.61. The van der Waals surface area contributed by atoms with Gasteiger partial charge in [-0.15, -0.1) is 0 Å². The van der Waals surface area contributed by atoms with Crippen molar-refractivity contribution in [2.24, 2.45) is 5.92 Å². The number of hydrogen-bond donors (Lipinski definition) is 1.